The second-order valence-corrected chi connectivity index (χ2v) is 8.13. The van der Waals surface area contributed by atoms with Crippen molar-refractivity contribution in [3.63, 3.8) is 0 Å². The van der Waals surface area contributed by atoms with Crippen molar-refractivity contribution in [2.45, 2.75) is 0 Å². The summed E-state index contributed by atoms with van der Waals surface area (Å²) in [6.07, 6.45) is 0. The molecule has 0 aliphatic heterocycles. The molecule has 1 amide bonds. The van der Waals surface area contributed by atoms with Gasteiger partial charge in [0.05, 0.1) is 10.6 Å². The van der Waals surface area contributed by atoms with E-state index in [1.165, 1.54) is 17.4 Å². The first-order chi connectivity index (χ1) is 13.9. The Bertz CT molecular complexity index is 1250. The molecule has 0 saturated carbocycles. The largest absolute Gasteiger partial charge is 0.478 e. The van der Waals surface area contributed by atoms with Gasteiger partial charge in [-0.3, -0.25) is 4.79 Å². The predicted molar refractivity (Wildman–Crippen MR) is 119 cm³/mol. The number of aromatic carboxylic acids is 1. The first-order valence-electron chi connectivity index (χ1n) is 8.55. The van der Waals surface area contributed by atoms with Gasteiger partial charge in [0.25, 0.3) is 5.91 Å². The van der Waals surface area contributed by atoms with Crippen LogP contribution in [0.3, 0.4) is 0 Å². The highest BCUT2D eigenvalue weighted by atomic mass is 35.5. The van der Waals surface area contributed by atoms with Gasteiger partial charge in [0.1, 0.15) is 4.88 Å². The second-order valence-electron chi connectivity index (χ2n) is 6.27. The summed E-state index contributed by atoms with van der Waals surface area (Å²) < 4.78 is 0.922. The number of hydrogen-bond acceptors (Lipinski definition) is 3. The quantitative estimate of drug-likeness (QED) is 0.364. The van der Waals surface area contributed by atoms with Gasteiger partial charge in [0, 0.05) is 20.8 Å². The average molecular weight is 442 g/mol. The van der Waals surface area contributed by atoms with Crippen molar-refractivity contribution in [3.8, 4) is 11.1 Å². The summed E-state index contributed by atoms with van der Waals surface area (Å²) in [4.78, 5) is 24.8. The molecule has 0 spiro atoms. The fraction of sp³-hybridized carbons (Fsp3) is 0. The Hall–Kier alpha value is -2.86. The van der Waals surface area contributed by atoms with Crippen LogP contribution in [0.15, 0.2) is 66.7 Å². The highest BCUT2D eigenvalue weighted by Crippen LogP contribution is 2.36. The van der Waals surface area contributed by atoms with Crippen molar-refractivity contribution in [2.75, 3.05) is 5.32 Å². The molecule has 0 aliphatic carbocycles. The van der Waals surface area contributed by atoms with E-state index in [-0.39, 0.29) is 11.5 Å². The van der Waals surface area contributed by atoms with Crippen LogP contribution in [-0.4, -0.2) is 17.0 Å². The van der Waals surface area contributed by atoms with Crippen molar-refractivity contribution in [1.29, 1.82) is 0 Å². The number of thiophene rings is 1. The Balaban J connectivity index is 1.70. The highest BCUT2D eigenvalue weighted by molar-refractivity contribution is 7.21. The Morgan fingerprint density at radius 1 is 0.931 bits per heavy atom. The smallest absolute Gasteiger partial charge is 0.336 e. The third-order valence-electron chi connectivity index (χ3n) is 4.40. The van der Waals surface area contributed by atoms with E-state index in [4.69, 9.17) is 23.2 Å². The summed E-state index contributed by atoms with van der Waals surface area (Å²) in [5.41, 5.74) is 1.76. The zero-order chi connectivity index (χ0) is 20.5. The van der Waals surface area contributed by atoms with Gasteiger partial charge in [-0.1, -0.05) is 53.5 Å². The molecule has 0 atom stereocenters. The monoisotopic (exact) mass is 441 g/mol. The van der Waals surface area contributed by atoms with E-state index in [2.05, 4.69) is 5.32 Å². The lowest BCUT2D eigenvalue weighted by atomic mass is 9.99. The van der Waals surface area contributed by atoms with Gasteiger partial charge in [-0.2, -0.15) is 0 Å². The van der Waals surface area contributed by atoms with Crippen molar-refractivity contribution in [3.05, 3.63) is 87.2 Å². The molecular formula is C22H13Cl2NO3S. The summed E-state index contributed by atoms with van der Waals surface area (Å²) in [7, 11) is 0. The lowest BCUT2D eigenvalue weighted by Gasteiger charge is -2.11. The van der Waals surface area contributed by atoms with Gasteiger partial charge in [-0.15, -0.1) is 11.3 Å². The number of amides is 1. The topological polar surface area (TPSA) is 66.4 Å². The minimum Gasteiger partial charge on any atom is -0.478 e. The van der Waals surface area contributed by atoms with E-state index in [0.717, 1.165) is 10.1 Å². The fourth-order valence-electron chi connectivity index (χ4n) is 3.02. The van der Waals surface area contributed by atoms with Crippen molar-refractivity contribution < 1.29 is 14.7 Å². The van der Waals surface area contributed by atoms with Crippen LogP contribution in [0, 0.1) is 0 Å². The van der Waals surface area contributed by atoms with Gasteiger partial charge in [-0.25, -0.2) is 4.79 Å². The number of halogens is 2. The standard InChI is InChI=1S/C22H13Cl2NO3S/c23-13-7-5-12(6-8-13)17-11-14(9-10-15(17)22(27)28)25-21(26)20-19(24)16-3-1-2-4-18(16)29-20/h1-11H,(H,25,26)(H,27,28). The molecule has 0 aliphatic rings. The number of anilines is 1. The minimum absolute atomic E-state index is 0.130. The molecular weight excluding hydrogens is 429 g/mol. The molecule has 0 fully saturated rings. The van der Waals surface area contributed by atoms with Gasteiger partial charge >= 0.3 is 5.97 Å². The van der Waals surface area contributed by atoms with Crippen LogP contribution < -0.4 is 5.32 Å². The summed E-state index contributed by atoms with van der Waals surface area (Å²) in [5, 5.41) is 14.1. The average Bonchev–Trinajstić information content (AvgIpc) is 3.05. The Morgan fingerprint density at radius 2 is 1.66 bits per heavy atom. The Labute approximate surface area is 180 Å². The summed E-state index contributed by atoms with van der Waals surface area (Å²) in [6, 6.07) is 19.0. The molecule has 2 N–H and O–H groups in total. The third-order valence-corrected chi connectivity index (χ3v) is 6.33. The van der Waals surface area contributed by atoms with Crippen LogP contribution in [0.25, 0.3) is 21.2 Å². The molecule has 1 heterocycles. The lowest BCUT2D eigenvalue weighted by Crippen LogP contribution is -2.11. The van der Waals surface area contributed by atoms with Crippen LogP contribution >= 0.6 is 34.5 Å². The molecule has 4 rings (SSSR count). The number of benzene rings is 3. The SMILES string of the molecule is O=C(O)c1ccc(NC(=O)c2sc3ccccc3c2Cl)cc1-c1ccc(Cl)cc1. The molecule has 0 radical (unpaired) electrons. The summed E-state index contributed by atoms with van der Waals surface area (Å²) in [6.45, 7) is 0. The minimum atomic E-state index is -1.06. The highest BCUT2D eigenvalue weighted by Gasteiger charge is 2.18. The molecule has 0 bridgehead atoms. The van der Waals surface area contributed by atoms with Crippen molar-refractivity contribution in [1.82, 2.24) is 0 Å². The second kappa shape index (κ2) is 7.87. The number of nitrogens with one attached hydrogen (secondary N) is 1. The van der Waals surface area contributed by atoms with E-state index in [0.29, 0.717) is 31.7 Å². The number of fused-ring (bicyclic) bond motifs is 1. The number of carbonyl (C=O) groups is 2. The van der Waals surface area contributed by atoms with E-state index in [9.17, 15) is 14.7 Å². The van der Waals surface area contributed by atoms with Crippen molar-refractivity contribution >= 4 is 62.2 Å². The van der Waals surface area contributed by atoms with E-state index in [1.807, 2.05) is 24.3 Å². The number of rotatable bonds is 4. The Morgan fingerprint density at radius 3 is 2.34 bits per heavy atom. The third kappa shape index (κ3) is 3.85. The van der Waals surface area contributed by atoms with Gasteiger partial charge in [0.15, 0.2) is 0 Å². The first kappa shape index (κ1) is 19.5. The Kier molecular flexibility index (Phi) is 5.28. The van der Waals surface area contributed by atoms with Crippen LogP contribution in [0.4, 0.5) is 5.69 Å². The molecule has 3 aromatic carbocycles. The first-order valence-corrected chi connectivity index (χ1v) is 10.1. The maximum absolute atomic E-state index is 12.8. The van der Waals surface area contributed by atoms with Crippen LogP contribution in [0.5, 0.6) is 0 Å². The molecule has 144 valence electrons. The van der Waals surface area contributed by atoms with Crippen LogP contribution in [0.2, 0.25) is 10.0 Å². The molecule has 1 aromatic heterocycles. The summed E-state index contributed by atoms with van der Waals surface area (Å²) in [5.74, 6) is -1.40. The van der Waals surface area contributed by atoms with Gasteiger partial charge < -0.3 is 10.4 Å². The van der Waals surface area contributed by atoms with E-state index in [1.54, 1.807) is 36.4 Å². The molecule has 4 aromatic rings. The molecule has 0 saturated heterocycles. The zero-order valence-electron chi connectivity index (χ0n) is 14.8. The molecule has 7 heteroatoms. The zero-order valence-corrected chi connectivity index (χ0v) is 17.1. The van der Waals surface area contributed by atoms with E-state index >= 15 is 0 Å². The number of carboxylic acid groups (broad SMARTS) is 1. The fourth-order valence-corrected chi connectivity index (χ4v) is 4.56. The predicted octanol–water partition coefficient (Wildman–Crippen LogP) is 6.83. The van der Waals surface area contributed by atoms with Gasteiger partial charge in [-0.05, 0) is 47.5 Å². The van der Waals surface area contributed by atoms with Crippen LogP contribution in [0.1, 0.15) is 20.0 Å². The number of carbonyl (C=O) groups excluding carboxylic acids is 1. The van der Waals surface area contributed by atoms with Crippen LogP contribution in [-0.2, 0) is 0 Å². The summed E-state index contributed by atoms with van der Waals surface area (Å²) >= 11 is 13.6. The number of carboxylic acids is 1. The normalized spacial score (nSPS) is 10.8. The molecule has 4 nitrogen and oxygen atoms in total. The van der Waals surface area contributed by atoms with Crippen molar-refractivity contribution in [2.24, 2.45) is 0 Å². The molecule has 29 heavy (non-hydrogen) atoms. The molecule has 0 unspecified atom stereocenters. The maximum atomic E-state index is 12.8. The van der Waals surface area contributed by atoms with Gasteiger partial charge in [0.2, 0.25) is 0 Å². The van der Waals surface area contributed by atoms with E-state index < -0.39 is 5.97 Å². The maximum Gasteiger partial charge on any atom is 0.336 e. The number of hydrogen-bond donors (Lipinski definition) is 2. The lowest BCUT2D eigenvalue weighted by molar-refractivity contribution is 0.0697.